The summed E-state index contributed by atoms with van der Waals surface area (Å²) in [7, 11) is 0. The lowest BCUT2D eigenvalue weighted by Gasteiger charge is -1.89. The number of benzene rings is 1. The molecule has 0 aliphatic carbocycles. The Morgan fingerprint density at radius 3 is 2.40 bits per heavy atom. The van der Waals surface area contributed by atoms with Crippen molar-refractivity contribution in [1.29, 1.82) is 0 Å². The lowest BCUT2D eigenvalue weighted by molar-refractivity contribution is -0.366. The molecule has 0 saturated heterocycles. The molecule has 10 heavy (non-hydrogen) atoms. The minimum Gasteiger partial charge on any atom is -0.625 e. The van der Waals surface area contributed by atoms with Crippen LogP contribution in [0.5, 0.6) is 5.75 Å². The summed E-state index contributed by atoms with van der Waals surface area (Å²) in [6.45, 7) is 0. The van der Waals surface area contributed by atoms with E-state index in [9.17, 15) is 5.21 Å². The SMILES string of the molecule is [O-]/[NH+]=C\c1ccc(O)cc1. The maximum absolute atomic E-state index is 9.82. The van der Waals surface area contributed by atoms with Crippen LogP contribution < -0.4 is 5.16 Å². The van der Waals surface area contributed by atoms with E-state index in [-0.39, 0.29) is 5.75 Å². The second-order valence-electron chi connectivity index (χ2n) is 1.85. The third-order valence-electron chi connectivity index (χ3n) is 1.12. The first kappa shape index (κ1) is 6.61. The standard InChI is InChI=1S/C7H7NO2/c9-7-3-1-6(2-4-7)5-8-10/h1-5,8H,(H-,9,10)/b8-5-. The molecule has 0 saturated carbocycles. The van der Waals surface area contributed by atoms with Crippen molar-refractivity contribution in [2.45, 2.75) is 0 Å². The van der Waals surface area contributed by atoms with Crippen molar-refractivity contribution < 1.29 is 10.3 Å². The van der Waals surface area contributed by atoms with E-state index in [1.165, 1.54) is 18.3 Å². The summed E-state index contributed by atoms with van der Waals surface area (Å²) < 4.78 is 0. The van der Waals surface area contributed by atoms with Gasteiger partial charge in [0.2, 0.25) is 0 Å². The summed E-state index contributed by atoms with van der Waals surface area (Å²) in [5.41, 5.74) is 0.743. The molecule has 0 bridgehead atoms. The van der Waals surface area contributed by atoms with Crippen molar-refractivity contribution in [2.24, 2.45) is 0 Å². The lowest BCUT2D eigenvalue weighted by Crippen LogP contribution is -2.60. The molecule has 0 aromatic heterocycles. The van der Waals surface area contributed by atoms with Crippen molar-refractivity contribution in [3.8, 4) is 5.75 Å². The molecule has 3 nitrogen and oxygen atoms in total. The second-order valence-corrected chi connectivity index (χ2v) is 1.85. The fourth-order valence-corrected chi connectivity index (χ4v) is 0.639. The number of hydrogen-bond donors (Lipinski definition) is 2. The van der Waals surface area contributed by atoms with E-state index in [4.69, 9.17) is 5.11 Å². The van der Waals surface area contributed by atoms with Crippen LogP contribution in [0.4, 0.5) is 0 Å². The van der Waals surface area contributed by atoms with Crippen molar-refractivity contribution >= 4 is 6.21 Å². The Bertz CT molecular complexity index is 228. The zero-order valence-corrected chi connectivity index (χ0v) is 5.24. The summed E-state index contributed by atoms with van der Waals surface area (Å²) in [6.07, 6.45) is 1.30. The summed E-state index contributed by atoms with van der Waals surface area (Å²) in [5, 5.41) is 20.3. The van der Waals surface area contributed by atoms with Gasteiger partial charge in [-0.2, -0.15) is 0 Å². The number of phenolic OH excluding ortho intramolecular Hbond substituents is 1. The maximum Gasteiger partial charge on any atom is 0.179 e. The van der Waals surface area contributed by atoms with Crippen molar-refractivity contribution in [3.63, 3.8) is 0 Å². The molecule has 0 unspecified atom stereocenters. The van der Waals surface area contributed by atoms with Crippen molar-refractivity contribution in [2.75, 3.05) is 0 Å². The van der Waals surface area contributed by atoms with Crippen LogP contribution in [0.25, 0.3) is 0 Å². The van der Waals surface area contributed by atoms with Gasteiger partial charge in [0.05, 0.1) is 0 Å². The van der Waals surface area contributed by atoms with Gasteiger partial charge in [-0.25, -0.2) is 5.16 Å². The highest BCUT2D eigenvalue weighted by atomic mass is 16.4. The Labute approximate surface area is 58.2 Å². The number of rotatable bonds is 1. The minimum absolute atomic E-state index is 0.197. The first-order valence-electron chi connectivity index (χ1n) is 2.83. The van der Waals surface area contributed by atoms with E-state index < -0.39 is 0 Å². The minimum atomic E-state index is 0.197. The van der Waals surface area contributed by atoms with Gasteiger partial charge in [0.15, 0.2) is 6.21 Å². The average molecular weight is 137 g/mol. The highest BCUT2D eigenvalue weighted by Crippen LogP contribution is 2.06. The van der Waals surface area contributed by atoms with Gasteiger partial charge < -0.3 is 10.3 Å². The largest absolute Gasteiger partial charge is 0.625 e. The van der Waals surface area contributed by atoms with E-state index >= 15 is 0 Å². The molecule has 1 aromatic carbocycles. The molecule has 0 heterocycles. The summed E-state index contributed by atoms with van der Waals surface area (Å²) in [5.74, 6) is 0.197. The first-order chi connectivity index (χ1) is 4.83. The molecule has 1 rings (SSSR count). The van der Waals surface area contributed by atoms with Crippen LogP contribution in [0.2, 0.25) is 0 Å². The summed E-state index contributed by atoms with van der Waals surface area (Å²) in [6, 6.07) is 6.31. The lowest BCUT2D eigenvalue weighted by atomic mass is 10.2. The Hall–Kier alpha value is -1.51. The molecule has 0 spiro atoms. The highest BCUT2D eigenvalue weighted by molar-refractivity contribution is 5.74. The average Bonchev–Trinajstić information content (AvgIpc) is 1.95. The van der Waals surface area contributed by atoms with Crippen LogP contribution in [0, 0.1) is 5.21 Å². The summed E-state index contributed by atoms with van der Waals surface area (Å²) in [4.78, 5) is 0. The number of phenols is 1. The maximum atomic E-state index is 9.82. The zero-order valence-electron chi connectivity index (χ0n) is 5.24. The van der Waals surface area contributed by atoms with Gasteiger partial charge in [0.1, 0.15) is 5.75 Å². The Morgan fingerprint density at radius 1 is 1.30 bits per heavy atom. The molecular formula is C7H7NO2. The van der Waals surface area contributed by atoms with Crippen LogP contribution >= 0.6 is 0 Å². The van der Waals surface area contributed by atoms with E-state index in [0.29, 0.717) is 0 Å². The van der Waals surface area contributed by atoms with Crippen LogP contribution in [0.3, 0.4) is 0 Å². The van der Waals surface area contributed by atoms with Crippen LogP contribution in [0.1, 0.15) is 5.56 Å². The third kappa shape index (κ3) is 1.48. The van der Waals surface area contributed by atoms with Crippen LogP contribution in [-0.2, 0) is 0 Å². The Kier molecular flexibility index (Phi) is 1.89. The predicted octanol–water partition coefficient (Wildman–Crippen LogP) is -0.611. The van der Waals surface area contributed by atoms with Gasteiger partial charge in [-0.1, -0.05) is 0 Å². The van der Waals surface area contributed by atoms with Gasteiger partial charge in [-0.05, 0) is 24.3 Å². The molecule has 0 aliphatic heterocycles. The van der Waals surface area contributed by atoms with E-state index in [0.717, 1.165) is 5.56 Å². The first-order valence-corrected chi connectivity index (χ1v) is 2.83. The number of hydrogen-bond acceptors (Lipinski definition) is 2. The topological polar surface area (TPSA) is 57.3 Å². The molecule has 1 aromatic rings. The van der Waals surface area contributed by atoms with Gasteiger partial charge >= 0.3 is 0 Å². The number of nitrogens with one attached hydrogen (secondary N) is 1. The molecule has 0 atom stereocenters. The van der Waals surface area contributed by atoms with Crippen molar-refractivity contribution in [1.82, 2.24) is 0 Å². The van der Waals surface area contributed by atoms with Gasteiger partial charge in [-0.3, -0.25) is 0 Å². The molecule has 0 aliphatic rings. The molecule has 0 radical (unpaired) electrons. The van der Waals surface area contributed by atoms with Gasteiger partial charge in [0.25, 0.3) is 0 Å². The van der Waals surface area contributed by atoms with E-state index in [1.807, 2.05) is 0 Å². The number of aromatic hydroxyl groups is 1. The fourth-order valence-electron chi connectivity index (χ4n) is 0.639. The molecule has 3 heteroatoms. The van der Waals surface area contributed by atoms with E-state index in [1.54, 1.807) is 17.3 Å². The molecule has 2 N–H and O–H groups in total. The third-order valence-corrected chi connectivity index (χ3v) is 1.12. The highest BCUT2D eigenvalue weighted by Gasteiger charge is 1.88. The molecule has 0 fully saturated rings. The van der Waals surface area contributed by atoms with Crippen LogP contribution in [-0.4, -0.2) is 11.3 Å². The smallest absolute Gasteiger partial charge is 0.179 e. The zero-order chi connectivity index (χ0) is 7.40. The normalized spacial score (nSPS) is 10.4. The summed E-state index contributed by atoms with van der Waals surface area (Å²) >= 11 is 0. The van der Waals surface area contributed by atoms with E-state index in [2.05, 4.69) is 0 Å². The Balaban J connectivity index is 2.89. The van der Waals surface area contributed by atoms with Crippen LogP contribution in [0.15, 0.2) is 24.3 Å². The molecular weight excluding hydrogens is 130 g/mol. The molecule has 52 valence electrons. The fraction of sp³-hybridized carbons (Fsp3) is 0. The monoisotopic (exact) mass is 137 g/mol. The van der Waals surface area contributed by atoms with Crippen molar-refractivity contribution in [3.05, 3.63) is 35.0 Å². The van der Waals surface area contributed by atoms with Gasteiger partial charge in [0, 0.05) is 5.56 Å². The predicted molar refractivity (Wildman–Crippen MR) is 37.6 cm³/mol. The quantitative estimate of drug-likeness (QED) is 0.308. The second kappa shape index (κ2) is 2.87. The Morgan fingerprint density at radius 2 is 1.90 bits per heavy atom. The molecule has 0 amide bonds. The van der Waals surface area contributed by atoms with Gasteiger partial charge in [-0.15, -0.1) is 0 Å².